The van der Waals surface area contributed by atoms with Crippen molar-refractivity contribution in [2.24, 2.45) is 0 Å². The number of benzene rings is 1. The van der Waals surface area contributed by atoms with Gasteiger partial charge < -0.3 is 5.73 Å². The molecule has 2 aromatic rings. The zero-order chi connectivity index (χ0) is 11.7. The van der Waals surface area contributed by atoms with Gasteiger partial charge in [0.25, 0.3) is 0 Å². The second-order valence-electron chi connectivity index (χ2n) is 2.91. The van der Waals surface area contributed by atoms with Crippen molar-refractivity contribution in [1.29, 1.82) is 0 Å². The summed E-state index contributed by atoms with van der Waals surface area (Å²) in [5.41, 5.74) is 6.24. The van der Waals surface area contributed by atoms with Gasteiger partial charge in [-0.15, -0.1) is 0 Å². The third kappa shape index (κ3) is 2.42. The van der Waals surface area contributed by atoms with E-state index in [0.29, 0.717) is 10.8 Å². The van der Waals surface area contributed by atoms with E-state index in [0.717, 1.165) is 10.0 Å². The summed E-state index contributed by atoms with van der Waals surface area (Å²) < 4.78 is 0.765. The van der Waals surface area contributed by atoms with Crippen molar-refractivity contribution in [1.82, 2.24) is 15.0 Å². The Bertz CT molecular complexity index is 527. The van der Waals surface area contributed by atoms with Crippen LogP contribution in [0, 0.1) is 0 Å². The zero-order valence-corrected chi connectivity index (χ0v) is 10.9. The van der Waals surface area contributed by atoms with Crippen LogP contribution in [0.5, 0.6) is 0 Å². The summed E-state index contributed by atoms with van der Waals surface area (Å²) in [5.74, 6) is 0.484. The van der Waals surface area contributed by atoms with Gasteiger partial charge in [-0.2, -0.15) is 15.0 Å². The SMILES string of the molecule is Nc1nc(Cl)nc(-c2ccc(Cl)cc2Br)n1. The molecule has 0 spiro atoms. The van der Waals surface area contributed by atoms with E-state index in [1.165, 1.54) is 0 Å². The fourth-order valence-electron chi connectivity index (χ4n) is 1.16. The van der Waals surface area contributed by atoms with E-state index in [1.807, 2.05) is 0 Å². The maximum absolute atomic E-state index is 5.83. The van der Waals surface area contributed by atoms with E-state index in [-0.39, 0.29) is 11.2 Å². The molecule has 0 aliphatic heterocycles. The van der Waals surface area contributed by atoms with E-state index in [2.05, 4.69) is 30.9 Å². The molecule has 16 heavy (non-hydrogen) atoms. The number of aromatic nitrogens is 3. The summed E-state index contributed by atoms with van der Waals surface area (Å²) in [6.07, 6.45) is 0. The van der Waals surface area contributed by atoms with Crippen LogP contribution < -0.4 is 5.73 Å². The molecule has 0 unspecified atom stereocenters. The highest BCUT2D eigenvalue weighted by atomic mass is 79.9. The smallest absolute Gasteiger partial charge is 0.227 e. The second-order valence-corrected chi connectivity index (χ2v) is 4.54. The van der Waals surface area contributed by atoms with Gasteiger partial charge in [-0.3, -0.25) is 0 Å². The molecule has 0 saturated carbocycles. The normalized spacial score (nSPS) is 10.4. The Balaban J connectivity index is 2.58. The van der Waals surface area contributed by atoms with E-state index in [1.54, 1.807) is 18.2 Å². The summed E-state index contributed by atoms with van der Waals surface area (Å²) in [6, 6.07) is 5.25. The lowest BCUT2D eigenvalue weighted by Crippen LogP contribution is -2.00. The van der Waals surface area contributed by atoms with Gasteiger partial charge in [-0.1, -0.05) is 11.6 Å². The molecule has 4 nitrogen and oxygen atoms in total. The molecule has 0 amide bonds. The minimum Gasteiger partial charge on any atom is -0.368 e. The Labute approximate surface area is 110 Å². The number of rotatable bonds is 1. The summed E-state index contributed by atoms with van der Waals surface area (Å²) >= 11 is 14.9. The zero-order valence-electron chi connectivity index (χ0n) is 7.78. The first-order valence-electron chi connectivity index (χ1n) is 4.19. The van der Waals surface area contributed by atoms with E-state index < -0.39 is 0 Å². The van der Waals surface area contributed by atoms with Crippen molar-refractivity contribution in [3.63, 3.8) is 0 Å². The minimum absolute atomic E-state index is 0.0596. The molecular weight excluding hydrogens is 315 g/mol. The van der Waals surface area contributed by atoms with Gasteiger partial charge in [-0.25, -0.2) is 0 Å². The van der Waals surface area contributed by atoms with Gasteiger partial charge in [0.05, 0.1) is 0 Å². The van der Waals surface area contributed by atoms with Crippen molar-refractivity contribution in [2.45, 2.75) is 0 Å². The van der Waals surface area contributed by atoms with Crippen LogP contribution >= 0.6 is 39.1 Å². The highest BCUT2D eigenvalue weighted by molar-refractivity contribution is 9.10. The first-order chi connectivity index (χ1) is 7.56. The number of nitrogens with zero attached hydrogens (tertiary/aromatic N) is 3. The standard InChI is InChI=1S/C9H5BrCl2N4/c10-6-3-4(11)1-2-5(6)7-14-8(12)16-9(13)15-7/h1-3H,(H2,13,14,15,16). The number of halogens is 3. The lowest BCUT2D eigenvalue weighted by Gasteiger charge is -2.04. The van der Waals surface area contributed by atoms with Gasteiger partial charge in [0.2, 0.25) is 11.2 Å². The van der Waals surface area contributed by atoms with Gasteiger partial charge in [0.1, 0.15) is 0 Å². The predicted molar refractivity (Wildman–Crippen MR) is 67.4 cm³/mol. The van der Waals surface area contributed by atoms with Crippen LogP contribution in [0.2, 0.25) is 10.3 Å². The summed E-state index contributed by atoms with van der Waals surface area (Å²) in [6.45, 7) is 0. The molecule has 2 rings (SSSR count). The third-order valence-corrected chi connectivity index (χ3v) is 2.86. The van der Waals surface area contributed by atoms with Gasteiger partial charge >= 0.3 is 0 Å². The molecule has 0 fully saturated rings. The number of nitrogen functional groups attached to an aromatic ring is 1. The number of nitrogens with two attached hydrogens (primary N) is 1. The summed E-state index contributed by atoms with van der Waals surface area (Å²) in [4.78, 5) is 11.7. The second kappa shape index (κ2) is 4.53. The van der Waals surface area contributed by atoms with Crippen molar-refractivity contribution in [3.8, 4) is 11.4 Å². The molecule has 1 aromatic carbocycles. The van der Waals surface area contributed by atoms with E-state index >= 15 is 0 Å². The van der Waals surface area contributed by atoms with Crippen molar-refractivity contribution in [3.05, 3.63) is 33.0 Å². The van der Waals surface area contributed by atoms with E-state index in [9.17, 15) is 0 Å². The number of hydrogen-bond acceptors (Lipinski definition) is 4. The average molecular weight is 320 g/mol. The quantitative estimate of drug-likeness (QED) is 0.876. The lowest BCUT2D eigenvalue weighted by atomic mass is 10.2. The first kappa shape index (κ1) is 11.6. The Morgan fingerprint density at radius 3 is 2.50 bits per heavy atom. The highest BCUT2D eigenvalue weighted by Gasteiger charge is 2.09. The topological polar surface area (TPSA) is 64.7 Å². The van der Waals surface area contributed by atoms with Gasteiger partial charge in [0, 0.05) is 15.1 Å². The Morgan fingerprint density at radius 1 is 1.12 bits per heavy atom. The van der Waals surface area contributed by atoms with Crippen molar-refractivity contribution >= 4 is 45.1 Å². The van der Waals surface area contributed by atoms with Crippen LogP contribution in [0.15, 0.2) is 22.7 Å². The van der Waals surface area contributed by atoms with Crippen LogP contribution in [0.25, 0.3) is 11.4 Å². The number of hydrogen-bond donors (Lipinski definition) is 1. The molecule has 0 bridgehead atoms. The van der Waals surface area contributed by atoms with Crippen LogP contribution in [0.4, 0.5) is 5.95 Å². The molecule has 2 N–H and O–H groups in total. The number of anilines is 1. The Morgan fingerprint density at radius 2 is 1.88 bits per heavy atom. The fraction of sp³-hybridized carbons (Fsp3) is 0. The average Bonchev–Trinajstić information content (AvgIpc) is 2.15. The van der Waals surface area contributed by atoms with Gasteiger partial charge in [0.15, 0.2) is 5.82 Å². The Kier molecular flexibility index (Phi) is 3.28. The molecule has 0 radical (unpaired) electrons. The van der Waals surface area contributed by atoms with Gasteiger partial charge in [-0.05, 0) is 45.7 Å². The maximum atomic E-state index is 5.83. The van der Waals surface area contributed by atoms with Crippen LogP contribution in [-0.2, 0) is 0 Å². The Hall–Kier alpha value is -0.910. The summed E-state index contributed by atoms with van der Waals surface area (Å²) in [5, 5.41) is 0.674. The van der Waals surface area contributed by atoms with Crippen molar-refractivity contribution < 1.29 is 0 Å². The van der Waals surface area contributed by atoms with E-state index in [4.69, 9.17) is 28.9 Å². The lowest BCUT2D eigenvalue weighted by molar-refractivity contribution is 1.07. The monoisotopic (exact) mass is 318 g/mol. The third-order valence-electron chi connectivity index (χ3n) is 1.80. The van der Waals surface area contributed by atoms with Crippen molar-refractivity contribution in [2.75, 3.05) is 5.73 Å². The molecular formula is C9H5BrCl2N4. The molecule has 1 aromatic heterocycles. The minimum atomic E-state index is 0.0596. The highest BCUT2D eigenvalue weighted by Crippen LogP contribution is 2.28. The van der Waals surface area contributed by atoms with Crippen LogP contribution in [0.3, 0.4) is 0 Å². The molecule has 82 valence electrons. The molecule has 0 saturated heterocycles. The molecule has 7 heteroatoms. The molecule has 0 aliphatic carbocycles. The molecule has 1 heterocycles. The molecule has 0 aliphatic rings. The largest absolute Gasteiger partial charge is 0.368 e. The predicted octanol–water partition coefficient (Wildman–Crippen LogP) is 3.19. The first-order valence-corrected chi connectivity index (χ1v) is 5.73. The molecule has 0 atom stereocenters. The maximum Gasteiger partial charge on any atom is 0.227 e. The van der Waals surface area contributed by atoms with Crippen LogP contribution in [0.1, 0.15) is 0 Å². The van der Waals surface area contributed by atoms with Crippen LogP contribution in [-0.4, -0.2) is 15.0 Å². The summed E-state index contributed by atoms with van der Waals surface area (Å²) in [7, 11) is 0. The fourth-order valence-corrected chi connectivity index (χ4v) is 2.18.